The fraction of sp³-hybridized carbons (Fsp3) is 0.222. The molecule has 0 aromatic heterocycles. The molecule has 2 amide bonds. The van der Waals surface area contributed by atoms with Crippen molar-refractivity contribution in [2.24, 2.45) is 5.73 Å². The number of urea groups is 1. The number of hydrogen-bond donors (Lipinski definition) is 3. The number of nitrogens with two attached hydrogens (primary N) is 1. The maximum absolute atomic E-state index is 10.9. The number of benzene rings is 1. The van der Waals surface area contributed by atoms with Gasteiger partial charge in [0, 0.05) is 11.1 Å². The zero-order valence-corrected chi connectivity index (χ0v) is 7.29. The van der Waals surface area contributed by atoms with Crippen molar-refractivity contribution in [3.8, 4) is 0 Å². The van der Waals surface area contributed by atoms with Gasteiger partial charge in [-0.25, -0.2) is 4.79 Å². The first kappa shape index (κ1) is 8.98. The minimum atomic E-state index is -1.15. The molecule has 0 fully saturated rings. The standard InChI is InChI=1S/C9H10N2O3/c10-9(14)11-7(12)5-3-1-2-4-6(5)8(11)13/h1-4,7-8,12-13H,(H2,10,14). The number of carbonyl (C=O) groups is 1. The lowest BCUT2D eigenvalue weighted by Crippen LogP contribution is -2.37. The Morgan fingerprint density at radius 3 is 2.00 bits per heavy atom. The molecule has 1 aromatic rings. The molecule has 14 heavy (non-hydrogen) atoms. The number of primary amides is 1. The lowest BCUT2D eigenvalue weighted by molar-refractivity contribution is -0.0487. The van der Waals surface area contributed by atoms with Crippen molar-refractivity contribution < 1.29 is 15.0 Å². The Morgan fingerprint density at radius 2 is 1.64 bits per heavy atom. The minimum Gasteiger partial charge on any atom is -0.369 e. The number of aliphatic hydroxyl groups excluding tert-OH is 2. The Bertz CT molecular complexity index is 351. The second-order valence-corrected chi connectivity index (χ2v) is 3.12. The maximum Gasteiger partial charge on any atom is 0.319 e. The number of nitrogens with zero attached hydrogens (tertiary/aromatic N) is 1. The van der Waals surface area contributed by atoms with Gasteiger partial charge >= 0.3 is 6.03 Å². The number of aliphatic hydroxyl groups is 2. The lowest BCUT2D eigenvalue weighted by atomic mass is 10.1. The summed E-state index contributed by atoms with van der Waals surface area (Å²) in [7, 11) is 0. The molecule has 1 aliphatic heterocycles. The lowest BCUT2D eigenvalue weighted by Gasteiger charge is -2.21. The molecule has 0 saturated carbocycles. The van der Waals surface area contributed by atoms with Crippen LogP contribution in [0.4, 0.5) is 4.79 Å². The van der Waals surface area contributed by atoms with Crippen LogP contribution in [-0.4, -0.2) is 21.1 Å². The summed E-state index contributed by atoms with van der Waals surface area (Å²) in [6, 6.07) is 5.89. The highest BCUT2D eigenvalue weighted by molar-refractivity contribution is 5.74. The van der Waals surface area contributed by atoms with Gasteiger partial charge in [0.1, 0.15) is 0 Å². The van der Waals surface area contributed by atoms with Crippen molar-refractivity contribution in [3.05, 3.63) is 35.4 Å². The third kappa shape index (κ3) is 1.07. The number of rotatable bonds is 0. The van der Waals surface area contributed by atoms with Gasteiger partial charge in [0.2, 0.25) is 0 Å². The summed E-state index contributed by atoms with van der Waals surface area (Å²) in [6.45, 7) is 0. The molecular formula is C9H10N2O3. The van der Waals surface area contributed by atoms with Crippen molar-refractivity contribution in [2.45, 2.75) is 12.5 Å². The van der Waals surface area contributed by atoms with E-state index >= 15 is 0 Å². The molecule has 74 valence electrons. The van der Waals surface area contributed by atoms with Gasteiger partial charge in [-0.1, -0.05) is 24.3 Å². The second kappa shape index (κ2) is 2.97. The molecule has 1 aliphatic rings. The average Bonchev–Trinajstić information content (AvgIpc) is 2.41. The minimum absolute atomic E-state index is 0.513. The van der Waals surface area contributed by atoms with Crippen LogP contribution in [0.2, 0.25) is 0 Å². The number of fused-ring (bicyclic) bond motifs is 1. The van der Waals surface area contributed by atoms with E-state index in [0.29, 0.717) is 11.1 Å². The molecule has 0 spiro atoms. The van der Waals surface area contributed by atoms with Gasteiger partial charge in [-0.3, -0.25) is 4.90 Å². The number of hydrogen-bond acceptors (Lipinski definition) is 3. The van der Waals surface area contributed by atoms with Crippen LogP contribution in [0.3, 0.4) is 0 Å². The third-order valence-electron chi connectivity index (χ3n) is 2.33. The molecule has 2 atom stereocenters. The molecule has 2 unspecified atom stereocenters. The van der Waals surface area contributed by atoms with Gasteiger partial charge in [-0.05, 0) is 0 Å². The first-order chi connectivity index (χ1) is 6.63. The van der Waals surface area contributed by atoms with E-state index in [1.54, 1.807) is 24.3 Å². The fourth-order valence-electron chi connectivity index (χ4n) is 1.66. The van der Waals surface area contributed by atoms with E-state index in [2.05, 4.69) is 0 Å². The van der Waals surface area contributed by atoms with Crippen LogP contribution in [0.1, 0.15) is 23.6 Å². The van der Waals surface area contributed by atoms with Crippen LogP contribution in [0.25, 0.3) is 0 Å². The zero-order chi connectivity index (χ0) is 10.3. The first-order valence-electron chi connectivity index (χ1n) is 4.15. The normalized spacial score (nSPS) is 24.9. The van der Waals surface area contributed by atoms with E-state index < -0.39 is 18.5 Å². The van der Waals surface area contributed by atoms with E-state index in [0.717, 1.165) is 4.90 Å². The Morgan fingerprint density at radius 1 is 1.21 bits per heavy atom. The van der Waals surface area contributed by atoms with Gasteiger partial charge < -0.3 is 15.9 Å². The molecule has 5 nitrogen and oxygen atoms in total. The van der Waals surface area contributed by atoms with Crippen molar-refractivity contribution >= 4 is 6.03 Å². The van der Waals surface area contributed by atoms with E-state index in [-0.39, 0.29) is 0 Å². The van der Waals surface area contributed by atoms with Crippen molar-refractivity contribution in [3.63, 3.8) is 0 Å². The van der Waals surface area contributed by atoms with Crippen LogP contribution >= 0.6 is 0 Å². The fourth-order valence-corrected chi connectivity index (χ4v) is 1.66. The van der Waals surface area contributed by atoms with Crippen LogP contribution in [0.5, 0.6) is 0 Å². The Kier molecular flexibility index (Phi) is 1.90. The monoisotopic (exact) mass is 194 g/mol. The SMILES string of the molecule is NC(=O)N1C(O)c2ccccc2C1O. The summed E-state index contributed by atoms with van der Waals surface area (Å²) in [6.07, 6.45) is -2.31. The Balaban J connectivity index is 2.48. The molecule has 0 radical (unpaired) electrons. The van der Waals surface area contributed by atoms with Crippen molar-refractivity contribution in [2.75, 3.05) is 0 Å². The largest absolute Gasteiger partial charge is 0.369 e. The van der Waals surface area contributed by atoms with E-state index in [9.17, 15) is 15.0 Å². The molecule has 0 bridgehead atoms. The highest BCUT2D eigenvalue weighted by Crippen LogP contribution is 2.38. The summed E-state index contributed by atoms with van der Waals surface area (Å²) in [5, 5.41) is 19.3. The van der Waals surface area contributed by atoms with E-state index in [1.807, 2.05) is 0 Å². The van der Waals surface area contributed by atoms with Gasteiger partial charge in [0.25, 0.3) is 0 Å². The average molecular weight is 194 g/mol. The van der Waals surface area contributed by atoms with Gasteiger partial charge in [-0.2, -0.15) is 0 Å². The Hall–Kier alpha value is -1.59. The maximum atomic E-state index is 10.9. The quantitative estimate of drug-likeness (QED) is 0.546. The van der Waals surface area contributed by atoms with Gasteiger partial charge in [0.15, 0.2) is 12.5 Å². The molecule has 4 N–H and O–H groups in total. The molecule has 1 aromatic carbocycles. The van der Waals surface area contributed by atoms with Crippen LogP contribution in [-0.2, 0) is 0 Å². The van der Waals surface area contributed by atoms with Crippen molar-refractivity contribution in [1.82, 2.24) is 4.90 Å². The predicted octanol–water partition coefficient (Wildman–Crippen LogP) is 0.0627. The van der Waals surface area contributed by atoms with Gasteiger partial charge in [0.05, 0.1) is 0 Å². The molecule has 2 rings (SSSR count). The highest BCUT2D eigenvalue weighted by Gasteiger charge is 2.38. The number of carbonyl (C=O) groups excluding carboxylic acids is 1. The summed E-state index contributed by atoms with van der Waals surface area (Å²) in [5.41, 5.74) is 6.05. The molecular weight excluding hydrogens is 184 g/mol. The summed E-state index contributed by atoms with van der Waals surface area (Å²) in [5.74, 6) is 0. The Labute approximate surface area is 80.4 Å². The first-order valence-corrected chi connectivity index (χ1v) is 4.15. The van der Waals surface area contributed by atoms with Crippen LogP contribution < -0.4 is 5.73 Å². The van der Waals surface area contributed by atoms with Gasteiger partial charge in [-0.15, -0.1) is 0 Å². The second-order valence-electron chi connectivity index (χ2n) is 3.12. The smallest absolute Gasteiger partial charge is 0.319 e. The highest BCUT2D eigenvalue weighted by atomic mass is 16.3. The van der Waals surface area contributed by atoms with Crippen LogP contribution in [0, 0.1) is 0 Å². The molecule has 0 aliphatic carbocycles. The zero-order valence-electron chi connectivity index (χ0n) is 7.29. The van der Waals surface area contributed by atoms with Crippen molar-refractivity contribution in [1.29, 1.82) is 0 Å². The van der Waals surface area contributed by atoms with E-state index in [1.165, 1.54) is 0 Å². The summed E-state index contributed by atoms with van der Waals surface area (Å²) < 4.78 is 0. The molecule has 1 heterocycles. The summed E-state index contributed by atoms with van der Waals surface area (Å²) >= 11 is 0. The third-order valence-corrected chi connectivity index (χ3v) is 2.33. The predicted molar refractivity (Wildman–Crippen MR) is 47.8 cm³/mol. The summed E-state index contributed by atoms with van der Waals surface area (Å²) in [4.78, 5) is 11.7. The topological polar surface area (TPSA) is 86.8 Å². The molecule has 0 saturated heterocycles. The van der Waals surface area contributed by atoms with Crippen LogP contribution in [0.15, 0.2) is 24.3 Å². The van der Waals surface area contributed by atoms with E-state index in [4.69, 9.17) is 5.73 Å². The number of amides is 2. The molecule has 5 heteroatoms.